The number of fused-ring (bicyclic) bond motifs is 10. The molecule has 0 bridgehead atoms. The van der Waals surface area contributed by atoms with Crippen LogP contribution >= 0.6 is 0 Å². The third-order valence-electron chi connectivity index (χ3n) is 9.06. The van der Waals surface area contributed by atoms with Gasteiger partial charge in [0.05, 0.1) is 11.2 Å². The second-order valence-corrected chi connectivity index (χ2v) is 13.1. The van der Waals surface area contributed by atoms with Crippen LogP contribution in [0.5, 0.6) is 0 Å². The van der Waals surface area contributed by atoms with Crippen LogP contribution in [0.1, 0.15) is 0 Å². The Morgan fingerprint density at radius 3 is 1.50 bits per heavy atom. The first-order valence-electron chi connectivity index (χ1n) is 15.5. The Morgan fingerprint density at radius 2 is 0.870 bits per heavy atom. The lowest BCUT2D eigenvalue weighted by molar-refractivity contribution is 0.595. The van der Waals surface area contributed by atoms with Gasteiger partial charge in [-0.1, -0.05) is 121 Å². The van der Waals surface area contributed by atoms with E-state index in [9.17, 15) is 4.55 Å². The molecule has 1 aromatic heterocycles. The molecule has 0 aliphatic heterocycles. The van der Waals surface area contributed by atoms with Crippen molar-refractivity contribution in [1.82, 2.24) is 4.98 Å². The van der Waals surface area contributed by atoms with E-state index in [-0.39, 0.29) is 0 Å². The first-order chi connectivity index (χ1) is 22.8. The van der Waals surface area contributed by atoms with Gasteiger partial charge in [-0.15, -0.1) is 0 Å². The molecule has 3 heteroatoms. The molecule has 0 radical (unpaired) electrons. The zero-order chi connectivity index (χ0) is 30.6. The molecular formula is C43H27NOS. The molecule has 0 saturated heterocycles. The van der Waals surface area contributed by atoms with Crippen molar-refractivity contribution in [2.45, 2.75) is 9.79 Å². The Balaban J connectivity index is 1.39. The predicted molar refractivity (Wildman–Crippen MR) is 194 cm³/mol. The van der Waals surface area contributed by atoms with E-state index >= 15 is 0 Å². The normalized spacial score (nSPS) is 12.4. The van der Waals surface area contributed by atoms with Crippen LogP contribution in [0.4, 0.5) is 0 Å². The van der Waals surface area contributed by atoms with E-state index in [0.29, 0.717) is 0 Å². The molecular weight excluding hydrogens is 579 g/mol. The van der Waals surface area contributed by atoms with Crippen molar-refractivity contribution < 1.29 is 4.55 Å². The summed E-state index contributed by atoms with van der Waals surface area (Å²) in [6.07, 6.45) is 0. The maximum atomic E-state index is 13.3. The second kappa shape index (κ2) is 10.8. The summed E-state index contributed by atoms with van der Waals surface area (Å²) in [6.45, 7) is 0. The van der Waals surface area contributed by atoms with Gasteiger partial charge in [0.25, 0.3) is 0 Å². The average Bonchev–Trinajstić information content (AvgIpc) is 3.14. The SMILES string of the molecule is [O-][S+](c1ccccc1)c1ccc(-c2cc3nc(-c4ccccc4)c4c5ccccc5c5ccccc5c4c3c3ccccc23)cc1. The van der Waals surface area contributed by atoms with Crippen molar-refractivity contribution in [1.29, 1.82) is 0 Å². The van der Waals surface area contributed by atoms with Gasteiger partial charge in [0, 0.05) is 32.9 Å². The number of pyridine rings is 1. The standard InChI is InChI=1S/C43H27NOS/c45-46(30-15-5-2-6-16-30)31-25-23-28(24-26-31)38-27-39-40(35-20-10-9-19-34(35)38)41-36-21-11-7-17-32(36)33-18-8-12-22-37(33)42(41)43(44-39)29-13-3-1-4-14-29/h1-27H. The van der Waals surface area contributed by atoms with Gasteiger partial charge in [-0.25, -0.2) is 4.98 Å². The van der Waals surface area contributed by atoms with Gasteiger partial charge in [0.1, 0.15) is 0 Å². The lowest BCUT2D eigenvalue weighted by atomic mass is 9.87. The molecule has 0 amide bonds. The smallest absolute Gasteiger partial charge is 0.158 e. The molecule has 8 aromatic carbocycles. The van der Waals surface area contributed by atoms with Crippen molar-refractivity contribution in [2.24, 2.45) is 0 Å². The molecule has 1 unspecified atom stereocenters. The minimum absolute atomic E-state index is 0.786. The lowest BCUT2D eigenvalue weighted by Crippen LogP contribution is -2.01. The summed E-state index contributed by atoms with van der Waals surface area (Å²) in [5.41, 5.74) is 5.21. The molecule has 0 aliphatic rings. The maximum absolute atomic E-state index is 13.3. The molecule has 0 aliphatic carbocycles. The summed E-state index contributed by atoms with van der Waals surface area (Å²) in [5.74, 6) is 0. The maximum Gasteiger partial charge on any atom is 0.158 e. The minimum atomic E-state index is -1.24. The molecule has 1 atom stereocenters. The Kier molecular flexibility index (Phi) is 6.34. The zero-order valence-corrected chi connectivity index (χ0v) is 25.7. The first kappa shape index (κ1) is 26.9. The highest BCUT2D eigenvalue weighted by molar-refractivity contribution is 7.91. The monoisotopic (exact) mass is 605 g/mol. The summed E-state index contributed by atoms with van der Waals surface area (Å²) < 4.78 is 13.3. The summed E-state index contributed by atoms with van der Waals surface area (Å²) in [7, 11) is 0. The van der Waals surface area contributed by atoms with E-state index < -0.39 is 11.2 Å². The van der Waals surface area contributed by atoms with Crippen LogP contribution in [0.2, 0.25) is 0 Å². The van der Waals surface area contributed by atoms with Gasteiger partial charge in [0.2, 0.25) is 0 Å². The molecule has 0 fully saturated rings. The number of hydrogen-bond donors (Lipinski definition) is 0. The lowest BCUT2D eigenvalue weighted by Gasteiger charge is -2.19. The summed E-state index contributed by atoms with van der Waals surface area (Å²) in [5, 5.41) is 10.8. The van der Waals surface area contributed by atoms with Crippen LogP contribution < -0.4 is 0 Å². The molecule has 0 spiro atoms. The molecule has 2 nitrogen and oxygen atoms in total. The third kappa shape index (κ3) is 4.21. The van der Waals surface area contributed by atoms with Gasteiger partial charge in [-0.05, 0) is 85.9 Å². The van der Waals surface area contributed by atoms with E-state index in [2.05, 4.69) is 121 Å². The topological polar surface area (TPSA) is 36.0 Å². The Morgan fingerprint density at radius 1 is 0.391 bits per heavy atom. The predicted octanol–water partition coefficient (Wildman–Crippen LogP) is 11.3. The third-order valence-corrected chi connectivity index (χ3v) is 10.5. The number of nitrogens with zero attached hydrogens (tertiary/aromatic N) is 1. The van der Waals surface area contributed by atoms with Crippen LogP contribution in [0.25, 0.3) is 76.4 Å². The highest BCUT2D eigenvalue weighted by atomic mass is 32.2. The van der Waals surface area contributed by atoms with E-state index in [4.69, 9.17) is 4.98 Å². The molecule has 0 N–H and O–H groups in total. The van der Waals surface area contributed by atoms with Gasteiger partial charge >= 0.3 is 0 Å². The quantitative estimate of drug-likeness (QED) is 0.148. The number of benzene rings is 8. The highest BCUT2D eigenvalue weighted by Crippen LogP contribution is 2.46. The Bertz CT molecular complexity index is 2580. The molecule has 216 valence electrons. The van der Waals surface area contributed by atoms with Crippen LogP contribution in [0.15, 0.2) is 174 Å². The molecule has 0 saturated carbocycles. The largest absolute Gasteiger partial charge is 0.606 e. The van der Waals surface area contributed by atoms with Gasteiger partial charge in [-0.3, -0.25) is 0 Å². The van der Waals surface area contributed by atoms with Crippen LogP contribution in [-0.4, -0.2) is 9.54 Å². The highest BCUT2D eigenvalue weighted by Gasteiger charge is 2.21. The molecule has 9 rings (SSSR count). The van der Waals surface area contributed by atoms with E-state index in [0.717, 1.165) is 43.1 Å². The molecule has 46 heavy (non-hydrogen) atoms. The number of hydrogen-bond acceptors (Lipinski definition) is 2. The van der Waals surface area contributed by atoms with E-state index in [1.165, 1.54) is 43.1 Å². The summed E-state index contributed by atoms with van der Waals surface area (Å²) in [6, 6.07) is 56.7. The second-order valence-electron chi connectivity index (χ2n) is 11.6. The van der Waals surface area contributed by atoms with Gasteiger partial charge in [-0.2, -0.15) is 0 Å². The zero-order valence-electron chi connectivity index (χ0n) is 24.9. The van der Waals surface area contributed by atoms with E-state index in [1.54, 1.807) is 0 Å². The van der Waals surface area contributed by atoms with Crippen molar-refractivity contribution in [2.75, 3.05) is 0 Å². The Labute approximate surface area is 269 Å². The van der Waals surface area contributed by atoms with Gasteiger partial charge in [0.15, 0.2) is 9.79 Å². The first-order valence-corrected chi connectivity index (χ1v) is 16.6. The van der Waals surface area contributed by atoms with Crippen molar-refractivity contribution in [3.63, 3.8) is 0 Å². The molecule has 1 heterocycles. The summed E-state index contributed by atoms with van der Waals surface area (Å²) >= 11 is -1.24. The van der Waals surface area contributed by atoms with Gasteiger partial charge < -0.3 is 4.55 Å². The fraction of sp³-hybridized carbons (Fsp3) is 0. The fourth-order valence-corrected chi connectivity index (χ4v) is 8.08. The van der Waals surface area contributed by atoms with E-state index in [1.807, 2.05) is 42.5 Å². The van der Waals surface area contributed by atoms with Crippen molar-refractivity contribution >= 4 is 65.2 Å². The number of aromatic nitrogens is 1. The van der Waals surface area contributed by atoms with Crippen molar-refractivity contribution in [3.05, 3.63) is 164 Å². The Hall–Kier alpha value is -5.48. The van der Waals surface area contributed by atoms with Crippen LogP contribution in [-0.2, 0) is 11.2 Å². The van der Waals surface area contributed by atoms with Crippen LogP contribution in [0.3, 0.4) is 0 Å². The average molecular weight is 606 g/mol. The molecule has 9 aromatic rings. The number of rotatable bonds is 4. The summed E-state index contributed by atoms with van der Waals surface area (Å²) in [4.78, 5) is 7.09. The fourth-order valence-electron chi connectivity index (χ4n) is 7.02. The minimum Gasteiger partial charge on any atom is -0.606 e. The van der Waals surface area contributed by atoms with Crippen molar-refractivity contribution in [3.8, 4) is 22.4 Å². The van der Waals surface area contributed by atoms with Crippen LogP contribution in [0, 0.1) is 0 Å².